The van der Waals surface area contributed by atoms with Crippen LogP contribution in [-0.2, 0) is 22.6 Å². The van der Waals surface area contributed by atoms with Crippen LogP contribution < -0.4 is 5.73 Å². The Morgan fingerprint density at radius 3 is 2.14 bits per heavy atom. The van der Waals surface area contributed by atoms with Gasteiger partial charge >= 0.3 is 18.3 Å². The van der Waals surface area contributed by atoms with Gasteiger partial charge in [0, 0.05) is 24.7 Å². The standard InChI is InChI=1S/C27H30N2O2.C9H12F6N2O/c30-26(31)13-12-20-6-4-8-23-22(20)7-5-9-24(23)27-25(21-10-11-21)16-19(17-28-27)18-29-14-2-1-3-15-29;10-8(11,12)5-17-3-1-7(2-4-17,6(16)18)9(13,14)15/h4-9,16-17,21H,1-3,10-15,18H2,(H,30,31);1-5H2,(H2,16,18). The molecule has 0 atom stereocenters. The maximum Gasteiger partial charge on any atom is 0.403 e. The van der Waals surface area contributed by atoms with Crippen LogP contribution in [0.25, 0.3) is 22.0 Å². The Bertz CT molecular complexity index is 1630. The van der Waals surface area contributed by atoms with Crippen LogP contribution in [0.3, 0.4) is 0 Å². The number of likely N-dealkylation sites (tertiary alicyclic amines) is 2. The fourth-order valence-electron chi connectivity index (χ4n) is 6.98. The van der Waals surface area contributed by atoms with Crippen LogP contribution in [0.15, 0.2) is 48.7 Å². The fourth-order valence-corrected chi connectivity index (χ4v) is 6.98. The van der Waals surface area contributed by atoms with Crippen LogP contribution in [0.1, 0.15) is 74.0 Å². The number of nitrogens with zero attached hydrogens (tertiary/aromatic N) is 3. The number of alkyl halides is 6. The van der Waals surface area contributed by atoms with E-state index >= 15 is 0 Å². The van der Waals surface area contributed by atoms with Crippen LogP contribution in [0.4, 0.5) is 26.3 Å². The molecule has 2 aliphatic heterocycles. The van der Waals surface area contributed by atoms with Crippen molar-refractivity contribution >= 4 is 22.6 Å². The topological polar surface area (TPSA) is 99.8 Å². The van der Waals surface area contributed by atoms with E-state index in [0.29, 0.717) is 12.3 Å². The van der Waals surface area contributed by atoms with Gasteiger partial charge in [-0.25, -0.2) is 0 Å². The van der Waals surface area contributed by atoms with E-state index in [4.69, 9.17) is 15.8 Å². The molecule has 3 fully saturated rings. The SMILES string of the molecule is NC(=O)C1(C(F)(F)F)CCN(CC(F)(F)F)CC1.O=C(O)CCc1cccc2c(-c3ncc(CN4CCCCC4)cc3C3CC3)cccc12. The zero-order valence-electron chi connectivity index (χ0n) is 27.3. The van der Waals surface area contributed by atoms with E-state index in [1.807, 2.05) is 12.1 Å². The number of pyridine rings is 1. The molecule has 1 amide bonds. The Morgan fingerprint density at radius 2 is 1.55 bits per heavy atom. The first-order valence-electron chi connectivity index (χ1n) is 16.8. The number of aliphatic carboxylic acids is 1. The Balaban J connectivity index is 0.000000223. The first-order valence-corrected chi connectivity index (χ1v) is 16.8. The van der Waals surface area contributed by atoms with Gasteiger partial charge in [-0.2, -0.15) is 26.3 Å². The van der Waals surface area contributed by atoms with E-state index < -0.39 is 62.1 Å². The van der Waals surface area contributed by atoms with Crippen LogP contribution >= 0.6 is 0 Å². The second-order valence-electron chi connectivity index (χ2n) is 13.4. The predicted octanol–water partition coefficient (Wildman–Crippen LogP) is 7.46. The predicted molar refractivity (Wildman–Crippen MR) is 174 cm³/mol. The second kappa shape index (κ2) is 15.0. The van der Waals surface area contributed by atoms with Crippen molar-refractivity contribution in [3.8, 4) is 11.3 Å². The number of piperidine rings is 2. The zero-order chi connectivity index (χ0) is 35.4. The van der Waals surface area contributed by atoms with Crippen LogP contribution in [0.2, 0.25) is 0 Å². The summed E-state index contributed by atoms with van der Waals surface area (Å²) in [6.07, 6.45) is -1.53. The Labute approximate surface area is 281 Å². The molecular formula is C36H42F6N4O3. The summed E-state index contributed by atoms with van der Waals surface area (Å²) in [5, 5.41) is 11.4. The largest absolute Gasteiger partial charge is 0.481 e. The van der Waals surface area contributed by atoms with Gasteiger partial charge in [-0.3, -0.25) is 24.4 Å². The lowest BCUT2D eigenvalue weighted by atomic mass is 9.77. The number of carbonyl (C=O) groups excluding carboxylic acids is 1. The Hall–Kier alpha value is -3.71. The third-order valence-electron chi connectivity index (χ3n) is 9.85. The molecule has 2 saturated heterocycles. The van der Waals surface area contributed by atoms with Gasteiger partial charge in [0.1, 0.15) is 5.41 Å². The number of amides is 1. The lowest BCUT2D eigenvalue weighted by Gasteiger charge is -2.40. The number of fused-ring (bicyclic) bond motifs is 1. The molecule has 1 aromatic heterocycles. The molecule has 0 unspecified atom stereocenters. The van der Waals surface area contributed by atoms with E-state index in [9.17, 15) is 35.9 Å². The minimum atomic E-state index is -4.83. The molecule has 0 bridgehead atoms. The summed E-state index contributed by atoms with van der Waals surface area (Å²) in [6, 6.07) is 15.0. The van der Waals surface area contributed by atoms with Gasteiger partial charge in [0.05, 0.1) is 12.2 Å². The van der Waals surface area contributed by atoms with Crippen molar-refractivity contribution in [1.82, 2.24) is 14.8 Å². The van der Waals surface area contributed by atoms with Crippen LogP contribution in [-0.4, -0.2) is 76.8 Å². The zero-order valence-corrected chi connectivity index (χ0v) is 27.3. The van der Waals surface area contributed by atoms with E-state index in [0.717, 1.165) is 28.1 Å². The molecule has 7 nitrogen and oxygen atoms in total. The van der Waals surface area contributed by atoms with Crippen molar-refractivity contribution in [2.45, 2.75) is 82.6 Å². The van der Waals surface area contributed by atoms with Gasteiger partial charge in [-0.05, 0) is 105 Å². The van der Waals surface area contributed by atoms with Crippen molar-refractivity contribution in [3.05, 3.63) is 65.4 Å². The van der Waals surface area contributed by atoms with Gasteiger partial charge in [0.2, 0.25) is 5.91 Å². The normalized spacial score (nSPS) is 18.9. The number of primary amides is 1. The van der Waals surface area contributed by atoms with E-state index in [1.54, 1.807) is 0 Å². The molecule has 6 rings (SSSR count). The molecule has 3 heterocycles. The van der Waals surface area contributed by atoms with Crippen molar-refractivity contribution in [3.63, 3.8) is 0 Å². The third kappa shape index (κ3) is 9.10. The minimum absolute atomic E-state index is 0.153. The van der Waals surface area contributed by atoms with Gasteiger partial charge in [-0.1, -0.05) is 48.9 Å². The number of halogens is 6. The first-order chi connectivity index (χ1) is 23.2. The number of aryl methyl sites for hydroxylation is 1. The van der Waals surface area contributed by atoms with Crippen LogP contribution in [0, 0.1) is 5.41 Å². The highest BCUT2D eigenvalue weighted by Crippen LogP contribution is 2.47. The molecule has 1 aliphatic carbocycles. The maximum absolute atomic E-state index is 12.8. The van der Waals surface area contributed by atoms with Crippen molar-refractivity contribution in [1.29, 1.82) is 0 Å². The number of benzene rings is 2. The van der Waals surface area contributed by atoms with Crippen LogP contribution in [0.5, 0.6) is 0 Å². The number of nitrogens with two attached hydrogens (primary N) is 1. The fraction of sp³-hybridized carbons (Fsp3) is 0.528. The molecule has 3 N–H and O–H groups in total. The number of hydrogen-bond donors (Lipinski definition) is 2. The van der Waals surface area contributed by atoms with E-state index in [1.165, 1.54) is 67.3 Å². The van der Waals surface area contributed by atoms with Crippen molar-refractivity contribution in [2.24, 2.45) is 11.1 Å². The van der Waals surface area contributed by atoms with E-state index in [-0.39, 0.29) is 6.42 Å². The lowest BCUT2D eigenvalue weighted by Crippen LogP contribution is -2.56. The summed E-state index contributed by atoms with van der Waals surface area (Å²) in [7, 11) is 0. The highest BCUT2D eigenvalue weighted by Gasteiger charge is 2.60. The first kappa shape index (κ1) is 36.6. The maximum atomic E-state index is 12.8. The summed E-state index contributed by atoms with van der Waals surface area (Å²) in [5.74, 6) is -1.66. The molecule has 266 valence electrons. The van der Waals surface area contributed by atoms with Gasteiger partial charge in [0.25, 0.3) is 0 Å². The number of carbonyl (C=O) groups is 2. The highest BCUT2D eigenvalue weighted by molar-refractivity contribution is 5.98. The molecule has 0 spiro atoms. The third-order valence-corrected chi connectivity index (χ3v) is 9.85. The molecule has 13 heteroatoms. The van der Waals surface area contributed by atoms with Gasteiger partial charge in [-0.15, -0.1) is 0 Å². The summed E-state index contributed by atoms with van der Waals surface area (Å²) in [4.78, 5) is 30.5. The molecule has 1 saturated carbocycles. The second-order valence-corrected chi connectivity index (χ2v) is 13.4. The molecule has 3 aromatic rings. The summed E-state index contributed by atoms with van der Waals surface area (Å²) in [5.41, 5.74) is 8.14. The minimum Gasteiger partial charge on any atom is -0.481 e. The smallest absolute Gasteiger partial charge is 0.403 e. The van der Waals surface area contributed by atoms with E-state index in [2.05, 4.69) is 41.4 Å². The average Bonchev–Trinajstić information content (AvgIpc) is 3.89. The number of hydrogen-bond acceptors (Lipinski definition) is 5. The molecule has 49 heavy (non-hydrogen) atoms. The van der Waals surface area contributed by atoms with Gasteiger partial charge in [0.15, 0.2) is 0 Å². The quantitative estimate of drug-likeness (QED) is 0.226. The summed E-state index contributed by atoms with van der Waals surface area (Å²) in [6.45, 7) is 1.21. The molecule has 2 aromatic carbocycles. The Kier molecular flexibility index (Phi) is 11.2. The summed E-state index contributed by atoms with van der Waals surface area (Å²) < 4.78 is 74.5. The number of rotatable bonds is 9. The Morgan fingerprint density at radius 1 is 0.898 bits per heavy atom. The van der Waals surface area contributed by atoms with Gasteiger partial charge < -0.3 is 10.8 Å². The lowest BCUT2D eigenvalue weighted by molar-refractivity contribution is -0.234. The molecule has 3 aliphatic rings. The highest BCUT2D eigenvalue weighted by atomic mass is 19.4. The summed E-state index contributed by atoms with van der Waals surface area (Å²) >= 11 is 0. The average molecular weight is 693 g/mol. The molecule has 0 radical (unpaired) electrons. The molecular weight excluding hydrogens is 650 g/mol. The number of carboxylic acid groups (broad SMARTS) is 1. The van der Waals surface area contributed by atoms with Crippen molar-refractivity contribution < 1.29 is 41.0 Å². The number of aromatic nitrogens is 1. The van der Waals surface area contributed by atoms with Crippen molar-refractivity contribution in [2.75, 3.05) is 32.7 Å². The monoisotopic (exact) mass is 692 g/mol. The number of carboxylic acids is 1.